The molecule has 0 unspecified atom stereocenters. The standard InChI is InChI=1S/C9H16O2/c1-4-7-9(10)11-8(5-2)6-3/h4,7-8H,5-6H2,1-3H3/b7-4+. The minimum Gasteiger partial charge on any atom is -0.459 e. The predicted molar refractivity (Wildman–Crippen MR) is 45.3 cm³/mol. The minimum atomic E-state index is -0.235. The third-order valence-corrected chi connectivity index (χ3v) is 1.50. The van der Waals surface area contributed by atoms with Crippen LogP contribution in [0.1, 0.15) is 33.6 Å². The molecule has 0 heterocycles. The van der Waals surface area contributed by atoms with Gasteiger partial charge in [0.1, 0.15) is 6.10 Å². The average molecular weight is 156 g/mol. The van der Waals surface area contributed by atoms with Gasteiger partial charge < -0.3 is 4.74 Å². The Morgan fingerprint density at radius 1 is 1.45 bits per heavy atom. The number of hydrogen-bond donors (Lipinski definition) is 0. The molecule has 0 radical (unpaired) electrons. The molecule has 0 N–H and O–H groups in total. The van der Waals surface area contributed by atoms with Crippen LogP contribution < -0.4 is 0 Å². The van der Waals surface area contributed by atoms with Crippen molar-refractivity contribution in [3.05, 3.63) is 12.2 Å². The van der Waals surface area contributed by atoms with Gasteiger partial charge in [0.15, 0.2) is 0 Å². The summed E-state index contributed by atoms with van der Waals surface area (Å²) in [6.07, 6.45) is 4.99. The third-order valence-electron chi connectivity index (χ3n) is 1.50. The van der Waals surface area contributed by atoms with Crippen LogP contribution in [0.5, 0.6) is 0 Å². The molecule has 0 saturated carbocycles. The Morgan fingerprint density at radius 2 is 2.00 bits per heavy atom. The van der Waals surface area contributed by atoms with Gasteiger partial charge in [0.05, 0.1) is 0 Å². The van der Waals surface area contributed by atoms with E-state index in [2.05, 4.69) is 0 Å². The maximum atomic E-state index is 10.9. The van der Waals surface area contributed by atoms with E-state index in [-0.39, 0.29) is 12.1 Å². The van der Waals surface area contributed by atoms with E-state index in [4.69, 9.17) is 4.74 Å². The van der Waals surface area contributed by atoms with E-state index < -0.39 is 0 Å². The van der Waals surface area contributed by atoms with Gasteiger partial charge >= 0.3 is 5.97 Å². The molecule has 0 rings (SSSR count). The minimum absolute atomic E-state index is 0.0821. The van der Waals surface area contributed by atoms with E-state index in [9.17, 15) is 4.79 Å². The highest BCUT2D eigenvalue weighted by atomic mass is 16.5. The van der Waals surface area contributed by atoms with Crippen molar-refractivity contribution in [2.24, 2.45) is 0 Å². The van der Waals surface area contributed by atoms with Gasteiger partial charge in [0.2, 0.25) is 0 Å². The van der Waals surface area contributed by atoms with Crippen LogP contribution in [0, 0.1) is 0 Å². The third kappa shape index (κ3) is 4.59. The lowest BCUT2D eigenvalue weighted by atomic mass is 10.2. The fourth-order valence-electron chi connectivity index (χ4n) is 0.795. The van der Waals surface area contributed by atoms with Gasteiger partial charge in [-0.15, -0.1) is 0 Å². The summed E-state index contributed by atoms with van der Waals surface area (Å²) in [7, 11) is 0. The number of rotatable bonds is 4. The van der Waals surface area contributed by atoms with Crippen LogP contribution in [0.3, 0.4) is 0 Å². The molecular formula is C9H16O2. The second kappa shape index (κ2) is 5.96. The van der Waals surface area contributed by atoms with Gasteiger partial charge in [-0.2, -0.15) is 0 Å². The first-order valence-electron chi connectivity index (χ1n) is 4.07. The van der Waals surface area contributed by atoms with Crippen LogP contribution in [0.2, 0.25) is 0 Å². The SMILES string of the molecule is C/C=C/C(=O)OC(CC)CC. The molecule has 0 aliphatic rings. The van der Waals surface area contributed by atoms with Gasteiger partial charge in [0.25, 0.3) is 0 Å². The van der Waals surface area contributed by atoms with E-state index in [1.807, 2.05) is 13.8 Å². The average Bonchev–Trinajstić information content (AvgIpc) is 2.01. The molecule has 0 bridgehead atoms. The van der Waals surface area contributed by atoms with Crippen LogP contribution in [0.25, 0.3) is 0 Å². The molecule has 0 aromatic rings. The quantitative estimate of drug-likeness (QED) is 0.461. The summed E-state index contributed by atoms with van der Waals surface area (Å²) in [5, 5.41) is 0. The molecule has 0 aliphatic heterocycles. The first-order chi connectivity index (χ1) is 5.24. The second-order valence-corrected chi connectivity index (χ2v) is 2.38. The zero-order valence-electron chi connectivity index (χ0n) is 7.46. The molecule has 0 aromatic heterocycles. The molecule has 64 valence electrons. The Bertz CT molecular complexity index is 134. The number of ether oxygens (including phenoxy) is 1. The van der Waals surface area contributed by atoms with Gasteiger partial charge in [-0.1, -0.05) is 19.9 Å². The number of esters is 1. The molecule has 2 nitrogen and oxygen atoms in total. The lowest BCUT2D eigenvalue weighted by Crippen LogP contribution is -2.14. The first-order valence-corrected chi connectivity index (χ1v) is 4.07. The van der Waals surface area contributed by atoms with Gasteiger partial charge in [-0.05, 0) is 19.8 Å². The second-order valence-electron chi connectivity index (χ2n) is 2.38. The Hall–Kier alpha value is -0.790. The van der Waals surface area contributed by atoms with Crippen molar-refractivity contribution in [1.29, 1.82) is 0 Å². The monoisotopic (exact) mass is 156 g/mol. The Labute approximate surface area is 68.2 Å². The van der Waals surface area contributed by atoms with E-state index in [0.29, 0.717) is 0 Å². The fourth-order valence-corrected chi connectivity index (χ4v) is 0.795. The highest BCUT2D eigenvalue weighted by Crippen LogP contribution is 2.02. The topological polar surface area (TPSA) is 26.3 Å². The van der Waals surface area contributed by atoms with Crippen molar-refractivity contribution in [1.82, 2.24) is 0 Å². The smallest absolute Gasteiger partial charge is 0.330 e. The summed E-state index contributed by atoms with van der Waals surface area (Å²) in [4.78, 5) is 10.9. The van der Waals surface area contributed by atoms with Crippen LogP contribution in [-0.2, 0) is 9.53 Å². The Kier molecular flexibility index (Phi) is 5.53. The lowest BCUT2D eigenvalue weighted by molar-refractivity contribution is -0.143. The normalized spacial score (nSPS) is 10.9. The predicted octanol–water partition coefficient (Wildman–Crippen LogP) is 2.29. The maximum absolute atomic E-state index is 10.9. The molecule has 11 heavy (non-hydrogen) atoms. The summed E-state index contributed by atoms with van der Waals surface area (Å²) < 4.78 is 5.06. The van der Waals surface area contributed by atoms with Crippen LogP contribution in [0.4, 0.5) is 0 Å². The fraction of sp³-hybridized carbons (Fsp3) is 0.667. The van der Waals surface area contributed by atoms with E-state index >= 15 is 0 Å². The van der Waals surface area contributed by atoms with Crippen LogP contribution >= 0.6 is 0 Å². The van der Waals surface area contributed by atoms with E-state index in [1.54, 1.807) is 13.0 Å². The molecule has 0 spiro atoms. The van der Waals surface area contributed by atoms with Gasteiger partial charge in [-0.3, -0.25) is 0 Å². The molecule has 0 aliphatic carbocycles. The summed E-state index contributed by atoms with van der Waals surface area (Å²) in [6, 6.07) is 0. The van der Waals surface area contributed by atoms with Crippen LogP contribution in [0.15, 0.2) is 12.2 Å². The maximum Gasteiger partial charge on any atom is 0.330 e. The Balaban J connectivity index is 3.71. The number of carbonyl (C=O) groups excluding carboxylic acids is 1. The summed E-state index contributed by atoms with van der Waals surface area (Å²) in [5.41, 5.74) is 0. The van der Waals surface area contributed by atoms with E-state index in [1.165, 1.54) is 6.08 Å². The summed E-state index contributed by atoms with van der Waals surface area (Å²) >= 11 is 0. The molecule has 0 saturated heterocycles. The van der Waals surface area contributed by atoms with Crippen molar-refractivity contribution in [3.63, 3.8) is 0 Å². The lowest BCUT2D eigenvalue weighted by Gasteiger charge is -2.11. The molecule has 2 heteroatoms. The largest absolute Gasteiger partial charge is 0.459 e. The highest BCUT2D eigenvalue weighted by molar-refractivity contribution is 5.81. The first kappa shape index (κ1) is 10.2. The van der Waals surface area contributed by atoms with Gasteiger partial charge in [-0.25, -0.2) is 4.79 Å². The van der Waals surface area contributed by atoms with E-state index in [0.717, 1.165) is 12.8 Å². The van der Waals surface area contributed by atoms with Crippen molar-refractivity contribution >= 4 is 5.97 Å². The zero-order chi connectivity index (χ0) is 8.69. The van der Waals surface area contributed by atoms with Gasteiger partial charge in [0, 0.05) is 6.08 Å². The molecular weight excluding hydrogens is 140 g/mol. The highest BCUT2D eigenvalue weighted by Gasteiger charge is 2.06. The van der Waals surface area contributed by atoms with Crippen molar-refractivity contribution < 1.29 is 9.53 Å². The number of carbonyl (C=O) groups is 1. The molecule has 0 atom stereocenters. The Morgan fingerprint density at radius 3 is 2.36 bits per heavy atom. The van der Waals surface area contributed by atoms with Crippen LogP contribution in [-0.4, -0.2) is 12.1 Å². The van der Waals surface area contributed by atoms with Crippen molar-refractivity contribution in [2.75, 3.05) is 0 Å². The summed E-state index contributed by atoms with van der Waals surface area (Å²) in [6.45, 7) is 5.82. The molecule has 0 aromatic carbocycles. The number of hydrogen-bond acceptors (Lipinski definition) is 2. The summed E-state index contributed by atoms with van der Waals surface area (Å²) in [5.74, 6) is -0.235. The molecule has 0 fully saturated rings. The zero-order valence-corrected chi connectivity index (χ0v) is 7.46. The molecule has 0 amide bonds. The van der Waals surface area contributed by atoms with Crippen molar-refractivity contribution in [2.45, 2.75) is 39.7 Å². The number of allylic oxidation sites excluding steroid dienone is 1. The van der Waals surface area contributed by atoms with Crippen molar-refractivity contribution in [3.8, 4) is 0 Å².